The molecule has 1 heterocycles. The fraction of sp³-hybridized carbons (Fsp3) is 0.500. The summed E-state index contributed by atoms with van der Waals surface area (Å²) in [5.74, 6) is 0. The maximum atomic E-state index is 11.7. The Morgan fingerprint density at radius 2 is 2.10 bits per heavy atom. The van der Waals surface area contributed by atoms with Crippen molar-refractivity contribution in [2.45, 2.75) is 37.6 Å². The molecule has 1 aliphatic rings. The van der Waals surface area contributed by atoms with Crippen molar-refractivity contribution >= 4 is 6.09 Å². The lowest BCUT2D eigenvalue weighted by Crippen LogP contribution is -2.56. The van der Waals surface area contributed by atoms with Gasteiger partial charge in [-0.05, 0) is 5.56 Å². The summed E-state index contributed by atoms with van der Waals surface area (Å²) >= 11 is 0. The third-order valence-electron chi connectivity index (χ3n) is 3.33. The van der Waals surface area contributed by atoms with E-state index in [0.29, 0.717) is 0 Å². The number of nitrogens with two attached hydrogens (primary N) is 1. The summed E-state index contributed by atoms with van der Waals surface area (Å²) < 4.78 is 10.2. The fourth-order valence-corrected chi connectivity index (χ4v) is 2.15. The second-order valence-electron chi connectivity index (χ2n) is 4.92. The third kappa shape index (κ3) is 4.40. The zero-order valence-corrected chi connectivity index (χ0v) is 11.5. The number of hydrogen-bond donors (Lipinski definition) is 4. The number of nitrogens with one attached hydrogen (secondary N) is 1. The van der Waals surface area contributed by atoms with Crippen molar-refractivity contribution in [2.24, 2.45) is 5.73 Å². The highest BCUT2D eigenvalue weighted by atomic mass is 16.6. The van der Waals surface area contributed by atoms with Gasteiger partial charge in [-0.2, -0.15) is 0 Å². The Kier molecular flexibility index (Phi) is 5.51. The van der Waals surface area contributed by atoms with E-state index in [9.17, 15) is 15.0 Å². The van der Waals surface area contributed by atoms with E-state index in [2.05, 4.69) is 5.32 Å². The number of rotatable bonds is 4. The summed E-state index contributed by atoms with van der Waals surface area (Å²) in [6.45, 7) is 0.230. The Morgan fingerprint density at radius 1 is 1.38 bits per heavy atom. The topological polar surface area (TPSA) is 114 Å². The molecule has 0 aliphatic carbocycles. The van der Waals surface area contributed by atoms with Crippen LogP contribution in [0.4, 0.5) is 4.79 Å². The smallest absolute Gasteiger partial charge is 0.407 e. The number of alkyl carbamates (subject to hydrolysis) is 1. The van der Waals surface area contributed by atoms with Crippen LogP contribution in [0.3, 0.4) is 0 Å². The number of benzene rings is 1. The minimum Gasteiger partial charge on any atom is -0.445 e. The summed E-state index contributed by atoms with van der Waals surface area (Å²) in [5.41, 5.74) is 6.26. The maximum Gasteiger partial charge on any atom is 0.407 e. The van der Waals surface area contributed by atoms with Gasteiger partial charge in [0.05, 0.1) is 18.2 Å². The number of carbonyl (C=O) groups excluding carboxylic acids is 1. The maximum absolute atomic E-state index is 11.7. The lowest BCUT2D eigenvalue weighted by atomic mass is 10.0. The first kappa shape index (κ1) is 15.7. The van der Waals surface area contributed by atoms with E-state index >= 15 is 0 Å². The molecule has 1 fully saturated rings. The number of carbonyl (C=O) groups is 1. The van der Waals surface area contributed by atoms with Crippen molar-refractivity contribution in [1.29, 1.82) is 0 Å². The van der Waals surface area contributed by atoms with Crippen molar-refractivity contribution in [1.82, 2.24) is 5.32 Å². The van der Waals surface area contributed by atoms with Crippen LogP contribution >= 0.6 is 0 Å². The Bertz CT molecular complexity index is 456. The third-order valence-corrected chi connectivity index (χ3v) is 3.33. The Morgan fingerprint density at radius 3 is 2.76 bits per heavy atom. The molecule has 5 N–H and O–H groups in total. The molecule has 21 heavy (non-hydrogen) atoms. The van der Waals surface area contributed by atoms with E-state index in [1.807, 2.05) is 30.3 Å². The second kappa shape index (κ2) is 7.37. The molecule has 0 aromatic heterocycles. The first-order valence-electron chi connectivity index (χ1n) is 6.79. The molecule has 7 nitrogen and oxygen atoms in total. The van der Waals surface area contributed by atoms with Gasteiger partial charge in [-0.1, -0.05) is 30.3 Å². The van der Waals surface area contributed by atoms with Crippen LogP contribution in [0, 0.1) is 0 Å². The fourth-order valence-electron chi connectivity index (χ4n) is 2.15. The number of amides is 1. The summed E-state index contributed by atoms with van der Waals surface area (Å²) in [6, 6.07) is 8.50. The second-order valence-corrected chi connectivity index (χ2v) is 4.92. The molecule has 7 heteroatoms. The molecule has 0 radical (unpaired) electrons. The molecule has 0 spiro atoms. The van der Waals surface area contributed by atoms with E-state index in [1.54, 1.807) is 0 Å². The molecule has 0 unspecified atom stereocenters. The number of aliphatic hydroxyl groups is 2. The van der Waals surface area contributed by atoms with Crippen LogP contribution in [-0.2, 0) is 16.1 Å². The van der Waals surface area contributed by atoms with Gasteiger partial charge in [0.2, 0.25) is 0 Å². The summed E-state index contributed by atoms with van der Waals surface area (Å²) in [5, 5.41) is 22.0. The van der Waals surface area contributed by atoms with Gasteiger partial charge in [0.15, 0.2) is 6.29 Å². The van der Waals surface area contributed by atoms with Gasteiger partial charge in [-0.25, -0.2) is 4.79 Å². The van der Waals surface area contributed by atoms with E-state index in [4.69, 9.17) is 15.2 Å². The zero-order valence-electron chi connectivity index (χ0n) is 11.5. The molecular weight excluding hydrogens is 276 g/mol. The van der Waals surface area contributed by atoms with E-state index in [0.717, 1.165) is 5.56 Å². The van der Waals surface area contributed by atoms with Crippen molar-refractivity contribution < 1.29 is 24.5 Å². The van der Waals surface area contributed by atoms with E-state index in [-0.39, 0.29) is 19.6 Å². The molecule has 1 aliphatic heterocycles. The van der Waals surface area contributed by atoms with E-state index < -0.39 is 30.6 Å². The average Bonchev–Trinajstić information content (AvgIpc) is 2.49. The SMILES string of the molecule is NC[C@H]1O[C@H](O)[C@H](NC(=O)OCc2ccccc2)C[C@H]1O. The first-order valence-corrected chi connectivity index (χ1v) is 6.79. The molecule has 1 aromatic rings. The van der Waals surface area contributed by atoms with Crippen LogP contribution in [0.15, 0.2) is 30.3 Å². The number of aliphatic hydroxyl groups excluding tert-OH is 2. The van der Waals surface area contributed by atoms with Gasteiger partial charge >= 0.3 is 6.09 Å². The lowest BCUT2D eigenvalue weighted by Gasteiger charge is -2.36. The van der Waals surface area contributed by atoms with Crippen molar-refractivity contribution in [3.05, 3.63) is 35.9 Å². The van der Waals surface area contributed by atoms with Gasteiger partial charge in [0, 0.05) is 13.0 Å². The molecule has 0 saturated carbocycles. The van der Waals surface area contributed by atoms with E-state index in [1.165, 1.54) is 0 Å². The minimum atomic E-state index is -1.22. The number of ether oxygens (including phenoxy) is 2. The van der Waals surface area contributed by atoms with Gasteiger partial charge in [-0.3, -0.25) is 0 Å². The Hall–Kier alpha value is -1.67. The minimum absolute atomic E-state index is 0.101. The molecular formula is C14H20N2O5. The van der Waals surface area contributed by atoms with Crippen LogP contribution in [0.25, 0.3) is 0 Å². The van der Waals surface area contributed by atoms with Gasteiger partial charge in [0.1, 0.15) is 6.61 Å². The first-order chi connectivity index (χ1) is 10.1. The molecule has 1 saturated heterocycles. The molecule has 1 amide bonds. The van der Waals surface area contributed by atoms with Crippen LogP contribution < -0.4 is 11.1 Å². The van der Waals surface area contributed by atoms with Crippen LogP contribution in [0.2, 0.25) is 0 Å². The quantitative estimate of drug-likeness (QED) is 0.607. The normalized spacial score (nSPS) is 28.9. The highest BCUT2D eigenvalue weighted by molar-refractivity contribution is 5.67. The lowest BCUT2D eigenvalue weighted by molar-refractivity contribution is -0.208. The standard InChI is InChI=1S/C14H20N2O5/c15-7-12-11(17)6-10(13(18)21-12)16-14(19)20-8-9-4-2-1-3-5-9/h1-5,10-13,17-18H,6-8,15H2,(H,16,19)/t10-,11-,12-,13+/m1/s1. The average molecular weight is 296 g/mol. The van der Waals surface area contributed by atoms with Crippen LogP contribution in [0.1, 0.15) is 12.0 Å². The van der Waals surface area contributed by atoms with Crippen molar-refractivity contribution in [2.75, 3.05) is 6.54 Å². The van der Waals surface area contributed by atoms with Crippen molar-refractivity contribution in [3.8, 4) is 0 Å². The van der Waals surface area contributed by atoms with Crippen LogP contribution in [-0.4, -0.2) is 47.4 Å². The highest BCUT2D eigenvalue weighted by Gasteiger charge is 2.36. The van der Waals surface area contributed by atoms with Crippen LogP contribution in [0.5, 0.6) is 0 Å². The summed E-state index contributed by atoms with van der Waals surface area (Å²) in [6.07, 6.45) is -3.20. The number of hydrogen-bond acceptors (Lipinski definition) is 6. The molecule has 1 aromatic carbocycles. The predicted octanol–water partition coefficient (Wildman–Crippen LogP) is -0.292. The van der Waals surface area contributed by atoms with Gasteiger partial charge in [0.25, 0.3) is 0 Å². The van der Waals surface area contributed by atoms with Gasteiger partial charge in [-0.15, -0.1) is 0 Å². The Balaban J connectivity index is 1.80. The molecule has 116 valence electrons. The zero-order chi connectivity index (χ0) is 15.2. The monoisotopic (exact) mass is 296 g/mol. The summed E-state index contributed by atoms with van der Waals surface area (Å²) in [7, 11) is 0. The summed E-state index contributed by atoms with van der Waals surface area (Å²) in [4.78, 5) is 11.7. The Labute approximate surface area is 122 Å². The van der Waals surface area contributed by atoms with Crippen molar-refractivity contribution in [3.63, 3.8) is 0 Å². The van der Waals surface area contributed by atoms with Gasteiger partial charge < -0.3 is 30.7 Å². The largest absolute Gasteiger partial charge is 0.445 e. The molecule has 2 rings (SSSR count). The molecule has 4 atom stereocenters. The predicted molar refractivity (Wildman–Crippen MR) is 74.1 cm³/mol. The molecule has 0 bridgehead atoms. The highest BCUT2D eigenvalue weighted by Crippen LogP contribution is 2.18.